The number of ether oxygens (including phenoxy) is 1. The first-order valence-electron chi connectivity index (χ1n) is 8.77. The van der Waals surface area contributed by atoms with Crippen molar-refractivity contribution >= 4 is 17.0 Å². The fourth-order valence-corrected chi connectivity index (χ4v) is 2.74. The summed E-state index contributed by atoms with van der Waals surface area (Å²) in [5.41, 5.74) is 0.459. The number of rotatable bonds is 8. The molecule has 0 unspecified atom stereocenters. The highest BCUT2D eigenvalue weighted by Crippen LogP contribution is 2.28. The fraction of sp³-hybridized carbons (Fsp3) is 0.227. The number of benzene rings is 3. The van der Waals surface area contributed by atoms with E-state index in [-0.39, 0.29) is 0 Å². The van der Waals surface area contributed by atoms with Gasteiger partial charge in [-0.2, -0.15) is 0 Å². The van der Waals surface area contributed by atoms with Crippen LogP contribution in [0.25, 0.3) is 10.8 Å². The van der Waals surface area contributed by atoms with Gasteiger partial charge < -0.3 is 20.1 Å². The van der Waals surface area contributed by atoms with E-state index in [2.05, 4.69) is 4.99 Å². The zero-order valence-corrected chi connectivity index (χ0v) is 15.0. The van der Waals surface area contributed by atoms with Gasteiger partial charge in [0.2, 0.25) is 0 Å². The first-order chi connectivity index (χ1) is 13.2. The summed E-state index contributed by atoms with van der Waals surface area (Å²) in [7, 11) is 0. The van der Waals surface area contributed by atoms with Gasteiger partial charge in [-0.05, 0) is 22.4 Å². The highest BCUT2D eigenvalue weighted by molar-refractivity contribution is 6.02. The molecule has 5 nitrogen and oxygen atoms in total. The van der Waals surface area contributed by atoms with E-state index in [4.69, 9.17) is 4.74 Å². The third kappa shape index (κ3) is 4.34. The Morgan fingerprint density at radius 2 is 1.48 bits per heavy atom. The smallest absolute Gasteiger partial charge is 0.129 e. The van der Waals surface area contributed by atoms with Crippen molar-refractivity contribution < 1.29 is 20.1 Å². The summed E-state index contributed by atoms with van der Waals surface area (Å²) in [4.78, 5) is 4.29. The standard InChI is InChI=1S/C22H23NO4/c24-14-22(15-25,16-26)23-12-20-19-9-5-4-8-18(19)10-11-21(20)27-13-17-6-2-1-3-7-17/h1-12,24-26H,13-16H2. The van der Waals surface area contributed by atoms with E-state index in [1.165, 1.54) is 0 Å². The van der Waals surface area contributed by atoms with Crippen molar-refractivity contribution in [2.75, 3.05) is 19.8 Å². The van der Waals surface area contributed by atoms with Crippen LogP contribution >= 0.6 is 0 Å². The second-order valence-electron chi connectivity index (χ2n) is 6.43. The molecule has 140 valence electrons. The highest BCUT2D eigenvalue weighted by atomic mass is 16.5. The molecule has 0 aliphatic carbocycles. The van der Waals surface area contributed by atoms with Crippen LogP contribution < -0.4 is 4.74 Å². The van der Waals surface area contributed by atoms with E-state index < -0.39 is 25.4 Å². The molecule has 3 aromatic carbocycles. The molecule has 0 fully saturated rings. The third-order valence-corrected chi connectivity index (χ3v) is 4.52. The molecule has 0 radical (unpaired) electrons. The molecule has 0 spiro atoms. The molecule has 0 aliphatic rings. The molecule has 0 aromatic heterocycles. The van der Waals surface area contributed by atoms with Crippen molar-refractivity contribution in [3.05, 3.63) is 77.9 Å². The number of aliphatic imine (C=N–C) groups is 1. The first kappa shape index (κ1) is 19.0. The molecule has 3 aromatic rings. The van der Waals surface area contributed by atoms with E-state index in [1.54, 1.807) is 6.21 Å². The topological polar surface area (TPSA) is 82.3 Å². The van der Waals surface area contributed by atoms with Crippen molar-refractivity contribution in [3.63, 3.8) is 0 Å². The van der Waals surface area contributed by atoms with E-state index in [0.717, 1.165) is 21.9 Å². The Morgan fingerprint density at radius 3 is 2.19 bits per heavy atom. The van der Waals surface area contributed by atoms with Crippen LogP contribution in [0.5, 0.6) is 5.75 Å². The summed E-state index contributed by atoms with van der Waals surface area (Å²) < 4.78 is 6.02. The number of fused-ring (bicyclic) bond motifs is 1. The average Bonchev–Trinajstić information content (AvgIpc) is 2.74. The minimum atomic E-state index is -1.33. The van der Waals surface area contributed by atoms with Crippen LogP contribution in [-0.4, -0.2) is 46.9 Å². The second kappa shape index (κ2) is 8.77. The molecule has 5 heteroatoms. The molecule has 0 bridgehead atoms. The van der Waals surface area contributed by atoms with E-state index in [0.29, 0.717) is 12.4 Å². The van der Waals surface area contributed by atoms with Crippen molar-refractivity contribution in [3.8, 4) is 5.75 Å². The van der Waals surface area contributed by atoms with E-state index in [1.807, 2.05) is 66.7 Å². The van der Waals surface area contributed by atoms with Crippen LogP contribution in [0.15, 0.2) is 71.7 Å². The van der Waals surface area contributed by atoms with Gasteiger partial charge >= 0.3 is 0 Å². The van der Waals surface area contributed by atoms with Crippen LogP contribution in [-0.2, 0) is 6.61 Å². The highest BCUT2D eigenvalue weighted by Gasteiger charge is 2.26. The Hall–Kier alpha value is -2.73. The largest absolute Gasteiger partial charge is 0.488 e. The summed E-state index contributed by atoms with van der Waals surface area (Å²) in [6, 6.07) is 21.5. The molecule has 3 rings (SSSR count). The fourth-order valence-electron chi connectivity index (χ4n) is 2.74. The number of hydrogen-bond acceptors (Lipinski definition) is 5. The molecule has 0 amide bonds. The van der Waals surface area contributed by atoms with Crippen LogP contribution in [0.4, 0.5) is 0 Å². The predicted molar refractivity (Wildman–Crippen MR) is 106 cm³/mol. The minimum Gasteiger partial charge on any atom is -0.488 e. The molecule has 27 heavy (non-hydrogen) atoms. The van der Waals surface area contributed by atoms with Gasteiger partial charge in [-0.25, -0.2) is 0 Å². The number of nitrogens with zero attached hydrogens (tertiary/aromatic N) is 1. The maximum atomic E-state index is 9.52. The molecule has 0 heterocycles. The lowest BCUT2D eigenvalue weighted by Gasteiger charge is -2.22. The Bertz CT molecular complexity index is 896. The van der Waals surface area contributed by atoms with Gasteiger partial charge in [-0.15, -0.1) is 0 Å². The van der Waals surface area contributed by atoms with Crippen LogP contribution in [0.2, 0.25) is 0 Å². The molecule has 0 saturated heterocycles. The van der Waals surface area contributed by atoms with Crippen LogP contribution in [0.3, 0.4) is 0 Å². The molecule has 0 aliphatic heterocycles. The Balaban J connectivity index is 1.99. The van der Waals surface area contributed by atoms with Gasteiger partial charge in [0, 0.05) is 11.8 Å². The maximum Gasteiger partial charge on any atom is 0.129 e. The van der Waals surface area contributed by atoms with Gasteiger partial charge in [0.05, 0.1) is 19.8 Å². The Kier molecular flexibility index (Phi) is 6.19. The lowest BCUT2D eigenvalue weighted by molar-refractivity contribution is 0.0718. The van der Waals surface area contributed by atoms with Crippen molar-refractivity contribution in [2.24, 2.45) is 4.99 Å². The maximum absolute atomic E-state index is 9.52. The van der Waals surface area contributed by atoms with E-state index in [9.17, 15) is 15.3 Å². The van der Waals surface area contributed by atoms with Crippen LogP contribution in [0, 0.1) is 0 Å². The van der Waals surface area contributed by atoms with E-state index >= 15 is 0 Å². The summed E-state index contributed by atoms with van der Waals surface area (Å²) >= 11 is 0. The molecule has 3 N–H and O–H groups in total. The second-order valence-corrected chi connectivity index (χ2v) is 6.43. The first-order valence-corrected chi connectivity index (χ1v) is 8.77. The summed E-state index contributed by atoms with van der Waals surface area (Å²) in [6.07, 6.45) is 1.56. The molecular weight excluding hydrogens is 342 g/mol. The SMILES string of the molecule is OCC(CO)(CO)N=Cc1c(OCc2ccccc2)ccc2ccccc12. The van der Waals surface area contributed by atoms with Gasteiger partial charge in [0.15, 0.2) is 0 Å². The summed E-state index contributed by atoms with van der Waals surface area (Å²) in [5, 5.41) is 30.5. The summed E-state index contributed by atoms with van der Waals surface area (Å²) in [5.74, 6) is 0.643. The Morgan fingerprint density at radius 1 is 0.815 bits per heavy atom. The predicted octanol–water partition coefficient (Wildman–Crippen LogP) is 2.55. The normalized spacial score (nSPS) is 12.0. The van der Waals surface area contributed by atoms with Gasteiger partial charge in [0.25, 0.3) is 0 Å². The third-order valence-electron chi connectivity index (χ3n) is 4.52. The number of hydrogen-bond donors (Lipinski definition) is 3. The minimum absolute atomic E-state index is 0.408. The van der Waals surface area contributed by atoms with Crippen molar-refractivity contribution in [1.82, 2.24) is 0 Å². The lowest BCUT2D eigenvalue weighted by Crippen LogP contribution is -2.39. The van der Waals surface area contributed by atoms with Crippen molar-refractivity contribution in [2.45, 2.75) is 12.1 Å². The molecule has 0 atom stereocenters. The quantitative estimate of drug-likeness (QED) is 0.536. The van der Waals surface area contributed by atoms with Crippen molar-refractivity contribution in [1.29, 1.82) is 0 Å². The zero-order valence-electron chi connectivity index (χ0n) is 15.0. The van der Waals surface area contributed by atoms with Gasteiger partial charge in [0.1, 0.15) is 17.9 Å². The number of aliphatic hydroxyl groups excluding tert-OH is 3. The average molecular weight is 365 g/mol. The molecular formula is C22H23NO4. The van der Waals surface area contributed by atoms with Gasteiger partial charge in [-0.1, -0.05) is 60.7 Å². The molecule has 0 saturated carbocycles. The van der Waals surface area contributed by atoms with Gasteiger partial charge in [-0.3, -0.25) is 4.99 Å². The number of aliphatic hydroxyl groups is 3. The summed E-state index contributed by atoms with van der Waals surface area (Å²) in [6.45, 7) is -0.963. The monoisotopic (exact) mass is 365 g/mol. The van der Waals surface area contributed by atoms with Crippen LogP contribution in [0.1, 0.15) is 11.1 Å². The zero-order chi connectivity index (χ0) is 19.1. The Labute approximate surface area is 158 Å². The lowest BCUT2D eigenvalue weighted by atomic mass is 10.0.